The highest BCUT2D eigenvalue weighted by Gasteiger charge is 2.37. The lowest BCUT2D eigenvalue weighted by atomic mass is 10.1. The van der Waals surface area contributed by atoms with Crippen molar-refractivity contribution in [3.63, 3.8) is 0 Å². The first-order valence-electron chi connectivity index (χ1n) is 8.86. The van der Waals surface area contributed by atoms with Crippen molar-refractivity contribution in [2.24, 2.45) is 0 Å². The van der Waals surface area contributed by atoms with Gasteiger partial charge in [0.25, 0.3) is 11.8 Å². The fourth-order valence-electron chi connectivity index (χ4n) is 3.19. The Bertz CT molecular complexity index is 1160. The fourth-order valence-corrected chi connectivity index (χ4v) is 3.31. The summed E-state index contributed by atoms with van der Waals surface area (Å²) in [7, 11) is 0. The molecule has 6 nitrogen and oxygen atoms in total. The van der Waals surface area contributed by atoms with Crippen LogP contribution in [-0.2, 0) is 9.59 Å². The second-order valence-electron chi connectivity index (χ2n) is 6.52. The Balaban J connectivity index is 1.76. The molecule has 1 aliphatic heterocycles. The maximum atomic E-state index is 13.1. The predicted octanol–water partition coefficient (Wildman–Crippen LogP) is 4.11. The summed E-state index contributed by atoms with van der Waals surface area (Å²) >= 11 is 5.95. The Kier molecular flexibility index (Phi) is 4.78. The standard InChI is InChI=1S/C22H16ClN3O3/c1-14-5-2-3-7-19(14)26-21(28)18(20(27)24-22(26)29)13-17-6-4-12-25(17)16-10-8-15(23)9-11-16/h2-13H,1H3,(H,24,27,29). The lowest BCUT2D eigenvalue weighted by Crippen LogP contribution is -2.54. The molecule has 0 atom stereocenters. The number of rotatable bonds is 3. The van der Waals surface area contributed by atoms with Crippen LogP contribution >= 0.6 is 11.6 Å². The summed E-state index contributed by atoms with van der Waals surface area (Å²) in [5.74, 6) is -1.40. The molecular formula is C22H16ClN3O3. The number of carbonyl (C=O) groups is 3. The molecule has 1 fully saturated rings. The first-order chi connectivity index (χ1) is 14.0. The molecule has 0 unspecified atom stereocenters. The minimum atomic E-state index is -0.764. The van der Waals surface area contributed by atoms with Gasteiger partial charge in [-0.05, 0) is 61.0 Å². The number of para-hydroxylation sites is 1. The molecule has 1 aromatic heterocycles. The number of aryl methyl sites for hydroxylation is 1. The molecule has 7 heteroatoms. The third-order valence-electron chi connectivity index (χ3n) is 4.64. The van der Waals surface area contributed by atoms with Gasteiger partial charge in [0.1, 0.15) is 5.57 Å². The van der Waals surface area contributed by atoms with Crippen LogP contribution in [0.1, 0.15) is 11.3 Å². The zero-order valence-electron chi connectivity index (χ0n) is 15.4. The monoisotopic (exact) mass is 405 g/mol. The molecule has 2 heterocycles. The number of halogens is 1. The molecule has 4 rings (SSSR count). The number of aromatic nitrogens is 1. The zero-order chi connectivity index (χ0) is 20.5. The highest BCUT2D eigenvalue weighted by molar-refractivity contribution is 6.39. The molecule has 29 heavy (non-hydrogen) atoms. The first kappa shape index (κ1) is 18.7. The van der Waals surface area contributed by atoms with E-state index in [4.69, 9.17) is 11.6 Å². The first-order valence-corrected chi connectivity index (χ1v) is 9.24. The summed E-state index contributed by atoms with van der Waals surface area (Å²) in [6.45, 7) is 1.79. The Morgan fingerprint density at radius 2 is 1.66 bits per heavy atom. The van der Waals surface area contributed by atoms with Crippen molar-refractivity contribution in [2.75, 3.05) is 4.90 Å². The van der Waals surface area contributed by atoms with E-state index >= 15 is 0 Å². The number of nitrogens with one attached hydrogen (secondary N) is 1. The Hall–Kier alpha value is -3.64. The average molecular weight is 406 g/mol. The van der Waals surface area contributed by atoms with Crippen molar-refractivity contribution < 1.29 is 14.4 Å². The molecular weight excluding hydrogens is 390 g/mol. The summed E-state index contributed by atoms with van der Waals surface area (Å²) in [6, 6.07) is 17.0. The quantitative estimate of drug-likeness (QED) is 0.526. The average Bonchev–Trinajstić information content (AvgIpc) is 3.15. The number of hydrogen-bond acceptors (Lipinski definition) is 3. The molecule has 0 spiro atoms. The van der Waals surface area contributed by atoms with Gasteiger partial charge in [-0.25, -0.2) is 9.69 Å². The summed E-state index contributed by atoms with van der Waals surface area (Å²) in [4.78, 5) is 38.8. The van der Waals surface area contributed by atoms with Crippen LogP contribution in [0.4, 0.5) is 10.5 Å². The summed E-state index contributed by atoms with van der Waals surface area (Å²) < 4.78 is 1.82. The van der Waals surface area contributed by atoms with Gasteiger partial charge in [0.15, 0.2) is 0 Å². The normalized spacial score (nSPS) is 15.7. The maximum absolute atomic E-state index is 13.1. The van der Waals surface area contributed by atoms with Crippen LogP contribution in [0.5, 0.6) is 0 Å². The van der Waals surface area contributed by atoms with Crippen molar-refractivity contribution >= 4 is 41.2 Å². The minimum absolute atomic E-state index is 0.123. The molecule has 0 radical (unpaired) electrons. The van der Waals surface area contributed by atoms with E-state index in [1.165, 1.54) is 6.08 Å². The van der Waals surface area contributed by atoms with Gasteiger partial charge >= 0.3 is 6.03 Å². The fraction of sp³-hybridized carbons (Fsp3) is 0.0455. The third kappa shape index (κ3) is 3.46. The van der Waals surface area contributed by atoms with E-state index < -0.39 is 17.8 Å². The number of anilines is 1. The molecule has 1 N–H and O–H groups in total. The van der Waals surface area contributed by atoms with Crippen molar-refractivity contribution in [3.8, 4) is 5.69 Å². The molecule has 0 bridgehead atoms. The van der Waals surface area contributed by atoms with Crippen LogP contribution < -0.4 is 10.2 Å². The minimum Gasteiger partial charge on any atom is -0.317 e. The van der Waals surface area contributed by atoms with Gasteiger partial charge in [-0.15, -0.1) is 0 Å². The Labute approximate surface area is 172 Å². The third-order valence-corrected chi connectivity index (χ3v) is 4.89. The van der Waals surface area contributed by atoms with Crippen molar-refractivity contribution in [3.05, 3.63) is 88.7 Å². The number of carbonyl (C=O) groups excluding carboxylic acids is 3. The Morgan fingerprint density at radius 3 is 2.38 bits per heavy atom. The van der Waals surface area contributed by atoms with E-state index in [-0.39, 0.29) is 5.57 Å². The van der Waals surface area contributed by atoms with Crippen molar-refractivity contribution in [1.82, 2.24) is 9.88 Å². The lowest BCUT2D eigenvalue weighted by molar-refractivity contribution is -0.122. The second kappa shape index (κ2) is 7.41. The molecule has 3 aromatic rings. The van der Waals surface area contributed by atoms with E-state index in [1.807, 2.05) is 29.0 Å². The number of benzene rings is 2. The number of amides is 4. The number of nitrogens with zero attached hydrogens (tertiary/aromatic N) is 2. The molecule has 1 saturated heterocycles. The van der Waals surface area contributed by atoms with Gasteiger partial charge in [0, 0.05) is 22.6 Å². The van der Waals surface area contributed by atoms with E-state index in [1.54, 1.807) is 49.4 Å². The smallest absolute Gasteiger partial charge is 0.317 e. The largest absolute Gasteiger partial charge is 0.335 e. The Morgan fingerprint density at radius 1 is 0.931 bits per heavy atom. The van der Waals surface area contributed by atoms with E-state index in [0.29, 0.717) is 16.4 Å². The molecule has 2 aromatic carbocycles. The summed E-state index contributed by atoms with van der Waals surface area (Å²) in [5.41, 5.74) is 2.49. The molecule has 144 valence electrons. The van der Waals surface area contributed by atoms with Crippen LogP contribution in [0.25, 0.3) is 11.8 Å². The lowest BCUT2D eigenvalue weighted by Gasteiger charge is -2.27. The van der Waals surface area contributed by atoms with Crippen molar-refractivity contribution in [2.45, 2.75) is 6.92 Å². The number of imide groups is 2. The van der Waals surface area contributed by atoms with Gasteiger partial charge in [0.2, 0.25) is 0 Å². The summed E-state index contributed by atoms with van der Waals surface area (Å²) in [5, 5.41) is 2.85. The van der Waals surface area contributed by atoms with Gasteiger partial charge in [-0.3, -0.25) is 14.9 Å². The van der Waals surface area contributed by atoms with Crippen LogP contribution in [0, 0.1) is 6.92 Å². The van der Waals surface area contributed by atoms with Crippen LogP contribution in [0.3, 0.4) is 0 Å². The van der Waals surface area contributed by atoms with E-state index in [9.17, 15) is 14.4 Å². The SMILES string of the molecule is Cc1ccccc1N1C(=O)NC(=O)C(=Cc2cccn2-c2ccc(Cl)cc2)C1=O. The highest BCUT2D eigenvalue weighted by Crippen LogP contribution is 2.25. The van der Waals surface area contributed by atoms with Crippen LogP contribution in [0.2, 0.25) is 5.02 Å². The maximum Gasteiger partial charge on any atom is 0.335 e. The van der Waals surface area contributed by atoms with E-state index in [2.05, 4.69) is 5.32 Å². The molecule has 4 amide bonds. The second-order valence-corrected chi connectivity index (χ2v) is 6.96. The number of urea groups is 1. The van der Waals surface area contributed by atoms with E-state index in [0.717, 1.165) is 16.2 Å². The molecule has 1 aliphatic rings. The van der Waals surface area contributed by atoms with Crippen LogP contribution in [0.15, 0.2) is 72.4 Å². The zero-order valence-corrected chi connectivity index (χ0v) is 16.2. The molecule has 0 saturated carbocycles. The number of barbiturate groups is 1. The number of hydrogen-bond donors (Lipinski definition) is 1. The van der Waals surface area contributed by atoms with Crippen molar-refractivity contribution in [1.29, 1.82) is 0 Å². The van der Waals surface area contributed by atoms with Gasteiger partial charge in [-0.1, -0.05) is 29.8 Å². The van der Waals surface area contributed by atoms with Gasteiger partial charge in [-0.2, -0.15) is 0 Å². The molecule has 0 aliphatic carbocycles. The van der Waals surface area contributed by atoms with Gasteiger partial charge in [0.05, 0.1) is 5.69 Å². The topological polar surface area (TPSA) is 71.4 Å². The summed E-state index contributed by atoms with van der Waals surface area (Å²) in [6.07, 6.45) is 3.29. The van der Waals surface area contributed by atoms with Gasteiger partial charge < -0.3 is 4.57 Å². The predicted molar refractivity (Wildman–Crippen MR) is 111 cm³/mol. The highest BCUT2D eigenvalue weighted by atomic mass is 35.5. The van der Waals surface area contributed by atoms with Crippen LogP contribution in [-0.4, -0.2) is 22.4 Å².